The van der Waals surface area contributed by atoms with Crippen LogP contribution in [-0.2, 0) is 14.8 Å². The normalized spacial score (nSPS) is 22.0. The summed E-state index contributed by atoms with van der Waals surface area (Å²) in [6, 6.07) is 6.72. The lowest BCUT2D eigenvalue weighted by Crippen LogP contribution is -2.53. The highest BCUT2D eigenvalue weighted by atomic mass is 32.2. The van der Waals surface area contributed by atoms with Gasteiger partial charge in [0.15, 0.2) is 0 Å². The Kier molecular flexibility index (Phi) is 5.67. The Morgan fingerprint density at radius 1 is 1.30 bits per heavy atom. The lowest BCUT2D eigenvalue weighted by atomic mass is 9.81. The molecule has 1 saturated heterocycles. The molecule has 6 nitrogen and oxygen atoms in total. The quantitative estimate of drug-likeness (QED) is 0.792. The van der Waals surface area contributed by atoms with Crippen LogP contribution < -0.4 is 10.5 Å². The van der Waals surface area contributed by atoms with Crippen molar-refractivity contribution in [1.29, 1.82) is 0 Å². The summed E-state index contributed by atoms with van der Waals surface area (Å²) in [5.41, 5.74) is 5.85. The Bertz CT molecular complexity index is 631. The molecule has 1 aliphatic heterocycles. The van der Waals surface area contributed by atoms with E-state index in [1.807, 2.05) is 13.8 Å². The summed E-state index contributed by atoms with van der Waals surface area (Å²) in [6.07, 6.45) is 0.652. The molecular weight excluding hydrogens is 316 g/mol. The van der Waals surface area contributed by atoms with Gasteiger partial charge in [0.05, 0.1) is 6.61 Å². The summed E-state index contributed by atoms with van der Waals surface area (Å²) >= 11 is 0. The summed E-state index contributed by atoms with van der Waals surface area (Å²) in [5.74, 6) is 0.359. The molecule has 0 aromatic heterocycles. The Balaban J connectivity index is 2.26. The first-order valence-corrected chi connectivity index (χ1v) is 9.19. The van der Waals surface area contributed by atoms with Crippen LogP contribution >= 0.6 is 0 Å². The number of para-hydroxylation sites is 1. The molecule has 1 fully saturated rings. The highest BCUT2D eigenvalue weighted by Gasteiger charge is 2.39. The second-order valence-electron chi connectivity index (χ2n) is 6.51. The zero-order chi connectivity index (χ0) is 17.1. The number of ether oxygens (including phenoxy) is 2. The second-order valence-corrected chi connectivity index (χ2v) is 8.42. The third-order valence-corrected chi connectivity index (χ3v) is 6.17. The molecule has 1 aromatic carbocycles. The van der Waals surface area contributed by atoms with Gasteiger partial charge in [-0.3, -0.25) is 0 Å². The second kappa shape index (κ2) is 7.17. The van der Waals surface area contributed by atoms with Crippen LogP contribution in [0, 0.1) is 5.41 Å². The maximum absolute atomic E-state index is 13.0. The van der Waals surface area contributed by atoms with Gasteiger partial charge in [-0.2, -0.15) is 4.31 Å². The van der Waals surface area contributed by atoms with Crippen molar-refractivity contribution in [3.63, 3.8) is 0 Å². The minimum Gasteiger partial charge on any atom is -0.490 e. The molecule has 0 spiro atoms. The predicted octanol–water partition coefficient (Wildman–Crippen LogP) is 1.46. The molecule has 0 radical (unpaired) electrons. The molecule has 1 heterocycles. The fourth-order valence-electron chi connectivity index (χ4n) is 2.69. The van der Waals surface area contributed by atoms with Gasteiger partial charge < -0.3 is 15.2 Å². The number of hydrogen-bond donors (Lipinski definition) is 1. The van der Waals surface area contributed by atoms with Crippen molar-refractivity contribution in [2.75, 3.05) is 33.4 Å². The summed E-state index contributed by atoms with van der Waals surface area (Å²) in [7, 11) is -2.04. The van der Waals surface area contributed by atoms with Crippen molar-refractivity contribution < 1.29 is 17.9 Å². The van der Waals surface area contributed by atoms with E-state index in [-0.39, 0.29) is 16.4 Å². The smallest absolute Gasteiger partial charge is 0.246 e. The molecule has 7 heteroatoms. The van der Waals surface area contributed by atoms with E-state index in [1.54, 1.807) is 31.4 Å². The first-order valence-electron chi connectivity index (χ1n) is 7.75. The van der Waals surface area contributed by atoms with Gasteiger partial charge >= 0.3 is 0 Å². The zero-order valence-electron chi connectivity index (χ0n) is 14.0. The third kappa shape index (κ3) is 4.03. The summed E-state index contributed by atoms with van der Waals surface area (Å²) in [6.45, 7) is 5.54. The molecule has 2 rings (SSSR count). The predicted molar refractivity (Wildman–Crippen MR) is 88.9 cm³/mol. The van der Waals surface area contributed by atoms with Crippen LogP contribution in [-0.4, -0.2) is 52.2 Å². The Morgan fingerprint density at radius 3 is 2.65 bits per heavy atom. The van der Waals surface area contributed by atoms with E-state index < -0.39 is 10.0 Å². The number of methoxy groups -OCH3 is 1. The topological polar surface area (TPSA) is 81.9 Å². The van der Waals surface area contributed by atoms with Crippen LogP contribution in [0.3, 0.4) is 0 Å². The largest absolute Gasteiger partial charge is 0.490 e. The van der Waals surface area contributed by atoms with Gasteiger partial charge in [-0.15, -0.1) is 0 Å². The number of rotatable bonds is 6. The third-order valence-electron chi connectivity index (χ3n) is 4.29. The van der Waals surface area contributed by atoms with Crippen LogP contribution in [0.5, 0.6) is 5.75 Å². The molecule has 0 amide bonds. The van der Waals surface area contributed by atoms with Crippen LogP contribution in [0.2, 0.25) is 0 Å². The lowest BCUT2D eigenvalue weighted by molar-refractivity contribution is 0.143. The Labute approximate surface area is 138 Å². The average molecular weight is 342 g/mol. The molecule has 1 aliphatic rings. The van der Waals surface area contributed by atoms with Crippen LogP contribution in [0.4, 0.5) is 0 Å². The van der Waals surface area contributed by atoms with Crippen molar-refractivity contribution in [3.05, 3.63) is 24.3 Å². The highest BCUT2D eigenvalue weighted by molar-refractivity contribution is 7.89. The minimum absolute atomic E-state index is 0.00199. The number of sulfonamides is 1. The highest BCUT2D eigenvalue weighted by Crippen LogP contribution is 2.33. The monoisotopic (exact) mass is 342 g/mol. The van der Waals surface area contributed by atoms with Crippen molar-refractivity contribution >= 4 is 10.0 Å². The fourth-order valence-corrected chi connectivity index (χ4v) is 4.44. The van der Waals surface area contributed by atoms with Gasteiger partial charge in [0.25, 0.3) is 0 Å². The molecule has 23 heavy (non-hydrogen) atoms. The van der Waals surface area contributed by atoms with Gasteiger partial charge in [0, 0.05) is 26.2 Å². The number of benzene rings is 1. The van der Waals surface area contributed by atoms with E-state index in [0.29, 0.717) is 38.5 Å². The lowest BCUT2D eigenvalue weighted by Gasteiger charge is -2.41. The Morgan fingerprint density at radius 2 is 2.00 bits per heavy atom. The fraction of sp³-hybridized carbons (Fsp3) is 0.625. The molecule has 1 unspecified atom stereocenters. The van der Waals surface area contributed by atoms with E-state index >= 15 is 0 Å². The van der Waals surface area contributed by atoms with Crippen molar-refractivity contribution in [1.82, 2.24) is 4.31 Å². The summed E-state index contributed by atoms with van der Waals surface area (Å²) < 4.78 is 38.0. The molecule has 1 atom stereocenters. The van der Waals surface area contributed by atoms with Gasteiger partial charge in [-0.1, -0.05) is 26.0 Å². The summed E-state index contributed by atoms with van der Waals surface area (Å²) in [4.78, 5) is 0.197. The SMILES string of the molecule is COCCOc1ccccc1S(=O)(=O)N1CCC(N)C(C)(C)C1. The molecule has 1 aromatic rings. The molecule has 0 bridgehead atoms. The molecule has 0 saturated carbocycles. The minimum atomic E-state index is -3.61. The molecule has 0 aliphatic carbocycles. The molecular formula is C16H26N2O4S. The maximum Gasteiger partial charge on any atom is 0.246 e. The van der Waals surface area contributed by atoms with Gasteiger partial charge in [-0.05, 0) is 24.0 Å². The van der Waals surface area contributed by atoms with Crippen molar-refractivity contribution in [2.24, 2.45) is 11.1 Å². The first-order chi connectivity index (χ1) is 10.8. The first kappa shape index (κ1) is 18.2. The van der Waals surface area contributed by atoms with Gasteiger partial charge in [0.2, 0.25) is 10.0 Å². The molecule has 130 valence electrons. The van der Waals surface area contributed by atoms with E-state index in [4.69, 9.17) is 15.2 Å². The maximum atomic E-state index is 13.0. The van der Waals surface area contributed by atoms with E-state index in [1.165, 1.54) is 4.31 Å². The standard InChI is InChI=1S/C16H26N2O4S/c1-16(2)12-18(9-8-15(16)17)23(19,20)14-7-5-4-6-13(14)22-11-10-21-3/h4-7,15H,8-12,17H2,1-3H3. The van der Waals surface area contributed by atoms with E-state index in [0.717, 1.165) is 0 Å². The van der Waals surface area contributed by atoms with Crippen LogP contribution in [0.25, 0.3) is 0 Å². The van der Waals surface area contributed by atoms with Crippen LogP contribution in [0.15, 0.2) is 29.2 Å². The number of piperidine rings is 1. The van der Waals surface area contributed by atoms with Crippen molar-refractivity contribution in [2.45, 2.75) is 31.2 Å². The van der Waals surface area contributed by atoms with Crippen LogP contribution in [0.1, 0.15) is 20.3 Å². The average Bonchev–Trinajstić information content (AvgIpc) is 2.50. The van der Waals surface area contributed by atoms with Crippen molar-refractivity contribution in [3.8, 4) is 5.75 Å². The zero-order valence-corrected chi connectivity index (χ0v) is 14.8. The van der Waals surface area contributed by atoms with E-state index in [2.05, 4.69) is 0 Å². The number of nitrogens with two attached hydrogens (primary N) is 1. The van der Waals surface area contributed by atoms with Gasteiger partial charge in [0.1, 0.15) is 17.3 Å². The number of nitrogens with zero attached hydrogens (tertiary/aromatic N) is 1. The Hall–Kier alpha value is -1.15. The molecule has 2 N–H and O–H groups in total. The van der Waals surface area contributed by atoms with Gasteiger partial charge in [-0.25, -0.2) is 8.42 Å². The van der Waals surface area contributed by atoms with E-state index in [9.17, 15) is 8.42 Å². The number of hydrogen-bond acceptors (Lipinski definition) is 5. The summed E-state index contributed by atoms with van der Waals surface area (Å²) in [5, 5.41) is 0.